The second kappa shape index (κ2) is 9.89. The molecular formula is C13H23ClF3N3O2. The second-order valence-electron chi connectivity index (χ2n) is 5.19. The van der Waals surface area contributed by atoms with Crippen LogP contribution < -0.4 is 11.1 Å². The van der Waals surface area contributed by atoms with Gasteiger partial charge in [-0.25, -0.2) is 0 Å². The molecule has 0 bridgehead atoms. The monoisotopic (exact) mass is 345 g/mol. The van der Waals surface area contributed by atoms with Crippen LogP contribution in [0.2, 0.25) is 0 Å². The Balaban J connectivity index is 0.00000441. The van der Waals surface area contributed by atoms with Gasteiger partial charge in [0.2, 0.25) is 11.8 Å². The van der Waals surface area contributed by atoms with E-state index in [-0.39, 0.29) is 43.9 Å². The quantitative estimate of drug-likeness (QED) is 0.767. The van der Waals surface area contributed by atoms with Crippen LogP contribution in [0.5, 0.6) is 0 Å². The SMILES string of the molecule is Cl.NCCC(=O)NCC1CCCCN1C(=O)CCC(F)(F)F. The first-order valence-electron chi connectivity index (χ1n) is 7.16. The Labute approximate surface area is 134 Å². The molecule has 130 valence electrons. The predicted molar refractivity (Wildman–Crippen MR) is 78.6 cm³/mol. The highest BCUT2D eigenvalue weighted by molar-refractivity contribution is 5.85. The topological polar surface area (TPSA) is 75.4 Å². The van der Waals surface area contributed by atoms with E-state index in [1.165, 1.54) is 4.90 Å². The number of piperidine rings is 1. The van der Waals surface area contributed by atoms with E-state index in [1.54, 1.807) is 0 Å². The molecule has 5 nitrogen and oxygen atoms in total. The van der Waals surface area contributed by atoms with Crippen molar-refractivity contribution in [3.05, 3.63) is 0 Å². The lowest BCUT2D eigenvalue weighted by Crippen LogP contribution is -2.49. The number of hydrogen-bond donors (Lipinski definition) is 2. The number of nitrogens with two attached hydrogens (primary N) is 1. The highest BCUT2D eigenvalue weighted by Crippen LogP contribution is 2.24. The maximum Gasteiger partial charge on any atom is 0.389 e. The van der Waals surface area contributed by atoms with Crippen molar-refractivity contribution in [3.8, 4) is 0 Å². The zero-order valence-electron chi connectivity index (χ0n) is 12.3. The molecule has 2 amide bonds. The molecule has 9 heteroatoms. The second-order valence-corrected chi connectivity index (χ2v) is 5.19. The summed E-state index contributed by atoms with van der Waals surface area (Å²) in [4.78, 5) is 24.8. The average molecular weight is 346 g/mol. The summed E-state index contributed by atoms with van der Waals surface area (Å²) in [5.74, 6) is -0.698. The van der Waals surface area contributed by atoms with Crippen molar-refractivity contribution >= 4 is 24.2 Å². The van der Waals surface area contributed by atoms with E-state index in [0.717, 1.165) is 12.8 Å². The first-order valence-corrected chi connectivity index (χ1v) is 7.16. The third-order valence-electron chi connectivity index (χ3n) is 3.48. The Morgan fingerprint density at radius 2 is 1.91 bits per heavy atom. The fourth-order valence-corrected chi connectivity index (χ4v) is 2.38. The number of nitrogens with one attached hydrogen (secondary N) is 1. The Hall–Kier alpha value is -1.02. The third-order valence-corrected chi connectivity index (χ3v) is 3.48. The molecule has 0 aliphatic carbocycles. The van der Waals surface area contributed by atoms with Gasteiger partial charge in [-0.05, 0) is 19.3 Å². The van der Waals surface area contributed by atoms with E-state index in [2.05, 4.69) is 5.32 Å². The normalized spacial score (nSPS) is 18.5. The van der Waals surface area contributed by atoms with Gasteiger partial charge in [0.05, 0.1) is 6.42 Å². The Morgan fingerprint density at radius 1 is 1.23 bits per heavy atom. The minimum Gasteiger partial charge on any atom is -0.354 e. The predicted octanol–water partition coefficient (Wildman–Crippen LogP) is 1.60. The Bertz CT molecular complexity index is 367. The van der Waals surface area contributed by atoms with Gasteiger partial charge in [-0.2, -0.15) is 13.2 Å². The summed E-state index contributed by atoms with van der Waals surface area (Å²) >= 11 is 0. The van der Waals surface area contributed by atoms with E-state index in [1.807, 2.05) is 0 Å². The van der Waals surface area contributed by atoms with Gasteiger partial charge >= 0.3 is 6.18 Å². The molecule has 1 atom stereocenters. The molecule has 1 unspecified atom stereocenters. The third kappa shape index (κ3) is 7.84. The molecule has 0 spiro atoms. The number of rotatable bonds is 6. The van der Waals surface area contributed by atoms with Crippen molar-refractivity contribution in [2.45, 2.75) is 50.7 Å². The molecule has 1 aliphatic heterocycles. The van der Waals surface area contributed by atoms with Crippen LogP contribution in [0.3, 0.4) is 0 Å². The molecule has 0 aromatic carbocycles. The van der Waals surface area contributed by atoms with E-state index < -0.39 is 24.9 Å². The van der Waals surface area contributed by atoms with Crippen molar-refractivity contribution < 1.29 is 22.8 Å². The molecule has 0 saturated carbocycles. The van der Waals surface area contributed by atoms with E-state index in [4.69, 9.17) is 5.73 Å². The molecule has 3 N–H and O–H groups in total. The highest BCUT2D eigenvalue weighted by Gasteiger charge is 2.32. The maximum absolute atomic E-state index is 12.2. The van der Waals surface area contributed by atoms with E-state index in [0.29, 0.717) is 13.0 Å². The number of likely N-dealkylation sites (tertiary alicyclic amines) is 1. The summed E-state index contributed by atoms with van der Waals surface area (Å²) in [5, 5.41) is 2.68. The summed E-state index contributed by atoms with van der Waals surface area (Å²) in [6.45, 7) is 0.968. The molecule has 0 aromatic rings. The van der Waals surface area contributed by atoms with Gasteiger partial charge in [-0.15, -0.1) is 12.4 Å². The number of nitrogens with zero attached hydrogens (tertiary/aromatic N) is 1. The summed E-state index contributed by atoms with van der Waals surface area (Å²) in [5.41, 5.74) is 5.26. The average Bonchev–Trinajstić information content (AvgIpc) is 2.42. The maximum atomic E-state index is 12.2. The Morgan fingerprint density at radius 3 is 2.50 bits per heavy atom. The van der Waals surface area contributed by atoms with Crippen LogP contribution in [0.25, 0.3) is 0 Å². The first kappa shape index (κ1) is 21.0. The minimum absolute atomic E-state index is 0. The summed E-state index contributed by atoms with van der Waals surface area (Å²) < 4.78 is 36.5. The fraction of sp³-hybridized carbons (Fsp3) is 0.846. The van der Waals surface area contributed by atoms with Crippen LogP contribution in [-0.4, -0.2) is 48.6 Å². The van der Waals surface area contributed by atoms with E-state index in [9.17, 15) is 22.8 Å². The molecule has 1 fully saturated rings. The lowest BCUT2D eigenvalue weighted by molar-refractivity contribution is -0.151. The molecule has 0 aromatic heterocycles. The molecule has 1 heterocycles. The van der Waals surface area contributed by atoms with Gasteiger partial charge in [0, 0.05) is 38.5 Å². The van der Waals surface area contributed by atoms with Crippen molar-refractivity contribution in [1.29, 1.82) is 0 Å². The number of alkyl halides is 3. The largest absolute Gasteiger partial charge is 0.389 e. The van der Waals surface area contributed by atoms with Gasteiger partial charge in [0.25, 0.3) is 0 Å². The highest BCUT2D eigenvalue weighted by atomic mass is 35.5. The summed E-state index contributed by atoms with van der Waals surface area (Å²) in [6, 6.07) is -0.221. The molecule has 0 radical (unpaired) electrons. The molecule has 1 aliphatic rings. The van der Waals surface area contributed by atoms with Gasteiger partial charge in [0.15, 0.2) is 0 Å². The fourth-order valence-electron chi connectivity index (χ4n) is 2.38. The summed E-state index contributed by atoms with van der Waals surface area (Å²) in [7, 11) is 0. The van der Waals surface area contributed by atoms with E-state index >= 15 is 0 Å². The van der Waals surface area contributed by atoms with Gasteiger partial charge in [-0.1, -0.05) is 0 Å². The van der Waals surface area contributed by atoms with Crippen molar-refractivity contribution in [2.75, 3.05) is 19.6 Å². The Kier molecular flexibility index (Phi) is 9.43. The van der Waals surface area contributed by atoms with Crippen LogP contribution in [-0.2, 0) is 9.59 Å². The number of halogens is 4. The lowest BCUT2D eigenvalue weighted by Gasteiger charge is -2.36. The lowest BCUT2D eigenvalue weighted by atomic mass is 10.0. The van der Waals surface area contributed by atoms with Crippen LogP contribution >= 0.6 is 12.4 Å². The number of carbonyl (C=O) groups is 2. The minimum atomic E-state index is -4.32. The standard InChI is InChI=1S/C13H22F3N3O2.ClH/c14-13(15,16)6-4-12(21)19-8-2-1-3-10(19)9-18-11(20)5-7-17;/h10H,1-9,17H2,(H,18,20);1H. The summed E-state index contributed by atoms with van der Waals surface area (Å²) in [6.07, 6.45) is -3.37. The number of carbonyl (C=O) groups excluding carboxylic acids is 2. The van der Waals surface area contributed by atoms with Crippen molar-refractivity contribution in [2.24, 2.45) is 5.73 Å². The molecule has 1 rings (SSSR count). The van der Waals surface area contributed by atoms with Crippen LogP contribution in [0, 0.1) is 0 Å². The van der Waals surface area contributed by atoms with Gasteiger partial charge in [-0.3, -0.25) is 9.59 Å². The number of hydrogen-bond acceptors (Lipinski definition) is 3. The first-order chi connectivity index (χ1) is 9.83. The van der Waals surface area contributed by atoms with Gasteiger partial charge < -0.3 is 16.0 Å². The van der Waals surface area contributed by atoms with Crippen LogP contribution in [0.1, 0.15) is 38.5 Å². The number of amides is 2. The smallest absolute Gasteiger partial charge is 0.354 e. The molecule has 22 heavy (non-hydrogen) atoms. The molecule has 1 saturated heterocycles. The van der Waals surface area contributed by atoms with Crippen LogP contribution in [0.15, 0.2) is 0 Å². The van der Waals surface area contributed by atoms with Gasteiger partial charge in [0.1, 0.15) is 0 Å². The molecular weight excluding hydrogens is 323 g/mol. The zero-order chi connectivity index (χ0) is 15.9. The van der Waals surface area contributed by atoms with Crippen molar-refractivity contribution in [3.63, 3.8) is 0 Å². The van der Waals surface area contributed by atoms with Crippen molar-refractivity contribution in [1.82, 2.24) is 10.2 Å². The zero-order valence-corrected chi connectivity index (χ0v) is 13.1. The van der Waals surface area contributed by atoms with Crippen LogP contribution in [0.4, 0.5) is 13.2 Å².